The zero-order chi connectivity index (χ0) is 14.5. The monoisotopic (exact) mass is 291 g/mol. The molecule has 0 bridgehead atoms. The van der Waals surface area contributed by atoms with Crippen LogP contribution in [0.5, 0.6) is 0 Å². The van der Waals surface area contributed by atoms with Gasteiger partial charge in [0.1, 0.15) is 5.76 Å². The SMILES string of the molecule is COC(=O)CCN(C)S(=O)(=O)NCc1cc(C)on1. The molecular formula is C10H17N3O5S. The summed E-state index contributed by atoms with van der Waals surface area (Å²) in [5.74, 6) is 0.141. The molecule has 0 fully saturated rings. The van der Waals surface area contributed by atoms with E-state index in [0.717, 1.165) is 4.31 Å². The Bertz CT molecular complexity index is 525. The van der Waals surface area contributed by atoms with Gasteiger partial charge in [-0.1, -0.05) is 5.16 Å². The highest BCUT2D eigenvalue weighted by molar-refractivity contribution is 7.87. The molecule has 108 valence electrons. The van der Waals surface area contributed by atoms with Crippen molar-refractivity contribution >= 4 is 16.2 Å². The Morgan fingerprint density at radius 1 is 1.58 bits per heavy atom. The van der Waals surface area contributed by atoms with E-state index < -0.39 is 16.2 Å². The van der Waals surface area contributed by atoms with E-state index in [0.29, 0.717) is 11.5 Å². The Hall–Kier alpha value is -1.45. The third-order valence-electron chi connectivity index (χ3n) is 2.38. The number of esters is 1. The molecule has 0 unspecified atom stereocenters. The standard InChI is InChI=1S/C10H17N3O5S/c1-8-6-9(12-18-8)7-11-19(15,16)13(2)5-4-10(14)17-3/h6,11H,4-5,7H2,1-3H3. The van der Waals surface area contributed by atoms with Crippen molar-refractivity contribution in [3.05, 3.63) is 17.5 Å². The molecule has 0 amide bonds. The second-order valence-corrected chi connectivity index (χ2v) is 5.76. The van der Waals surface area contributed by atoms with E-state index in [2.05, 4.69) is 14.6 Å². The minimum atomic E-state index is -3.66. The highest BCUT2D eigenvalue weighted by Crippen LogP contribution is 2.03. The van der Waals surface area contributed by atoms with Gasteiger partial charge >= 0.3 is 5.97 Å². The molecule has 0 radical (unpaired) electrons. The van der Waals surface area contributed by atoms with Gasteiger partial charge in [-0.05, 0) is 6.92 Å². The Balaban J connectivity index is 2.48. The van der Waals surface area contributed by atoms with E-state index in [1.807, 2.05) is 0 Å². The lowest BCUT2D eigenvalue weighted by Crippen LogP contribution is -2.39. The molecule has 0 aliphatic rings. The average Bonchev–Trinajstić information content (AvgIpc) is 2.79. The molecule has 1 rings (SSSR count). The highest BCUT2D eigenvalue weighted by atomic mass is 32.2. The molecular weight excluding hydrogens is 274 g/mol. The van der Waals surface area contributed by atoms with Crippen molar-refractivity contribution < 1.29 is 22.5 Å². The predicted octanol–water partition coefficient (Wildman–Crippen LogP) is -0.188. The molecule has 1 N–H and O–H groups in total. The molecule has 1 aromatic heterocycles. The van der Waals surface area contributed by atoms with Crippen LogP contribution in [-0.4, -0.2) is 44.6 Å². The largest absolute Gasteiger partial charge is 0.469 e. The van der Waals surface area contributed by atoms with Gasteiger partial charge in [0.25, 0.3) is 10.2 Å². The van der Waals surface area contributed by atoms with Crippen LogP contribution < -0.4 is 4.72 Å². The van der Waals surface area contributed by atoms with Gasteiger partial charge in [-0.25, -0.2) is 0 Å². The Kier molecular flexibility index (Phi) is 5.45. The molecule has 1 heterocycles. The van der Waals surface area contributed by atoms with Crippen LogP contribution in [-0.2, 0) is 26.3 Å². The minimum absolute atomic E-state index is 0.00300. The van der Waals surface area contributed by atoms with Gasteiger partial charge in [0.05, 0.1) is 25.8 Å². The first-order valence-electron chi connectivity index (χ1n) is 5.55. The van der Waals surface area contributed by atoms with Crippen LogP contribution in [0.15, 0.2) is 10.6 Å². The van der Waals surface area contributed by atoms with E-state index in [4.69, 9.17) is 4.52 Å². The first-order valence-corrected chi connectivity index (χ1v) is 6.99. The van der Waals surface area contributed by atoms with Crippen LogP contribution in [0.1, 0.15) is 17.9 Å². The fraction of sp³-hybridized carbons (Fsp3) is 0.600. The fourth-order valence-electron chi connectivity index (χ4n) is 1.25. The molecule has 0 saturated carbocycles. The summed E-state index contributed by atoms with van der Waals surface area (Å²) in [7, 11) is -1.03. The third-order valence-corrected chi connectivity index (χ3v) is 3.89. The zero-order valence-corrected chi connectivity index (χ0v) is 11.9. The normalized spacial score (nSPS) is 11.8. The quantitative estimate of drug-likeness (QED) is 0.699. The van der Waals surface area contributed by atoms with E-state index in [1.54, 1.807) is 13.0 Å². The maximum Gasteiger partial charge on any atom is 0.306 e. The summed E-state index contributed by atoms with van der Waals surface area (Å²) < 4.78 is 36.3. The van der Waals surface area contributed by atoms with E-state index in [9.17, 15) is 13.2 Å². The lowest BCUT2D eigenvalue weighted by atomic mass is 10.4. The Morgan fingerprint density at radius 2 is 2.26 bits per heavy atom. The summed E-state index contributed by atoms with van der Waals surface area (Å²) in [5.41, 5.74) is 0.488. The lowest BCUT2D eigenvalue weighted by molar-refractivity contribution is -0.140. The van der Waals surface area contributed by atoms with Gasteiger partial charge in [0.2, 0.25) is 0 Å². The maximum absolute atomic E-state index is 11.8. The first-order chi connectivity index (χ1) is 8.85. The Morgan fingerprint density at radius 3 is 2.79 bits per heavy atom. The lowest BCUT2D eigenvalue weighted by Gasteiger charge is -2.16. The Labute approximate surface area is 111 Å². The smallest absolute Gasteiger partial charge is 0.306 e. The number of carbonyl (C=O) groups excluding carboxylic acids is 1. The number of rotatable bonds is 7. The molecule has 0 atom stereocenters. The van der Waals surface area contributed by atoms with Gasteiger partial charge in [0.15, 0.2) is 0 Å². The van der Waals surface area contributed by atoms with Crippen LogP contribution in [0.2, 0.25) is 0 Å². The van der Waals surface area contributed by atoms with Crippen LogP contribution >= 0.6 is 0 Å². The topological polar surface area (TPSA) is 102 Å². The molecule has 0 aliphatic carbocycles. The first kappa shape index (κ1) is 15.6. The van der Waals surface area contributed by atoms with Crippen molar-refractivity contribution in [1.29, 1.82) is 0 Å². The van der Waals surface area contributed by atoms with E-state index in [1.165, 1.54) is 14.2 Å². The number of aromatic nitrogens is 1. The van der Waals surface area contributed by atoms with Crippen LogP contribution in [0.25, 0.3) is 0 Å². The minimum Gasteiger partial charge on any atom is -0.469 e. The molecule has 8 nitrogen and oxygen atoms in total. The molecule has 0 aliphatic heterocycles. The number of carbonyl (C=O) groups is 1. The van der Waals surface area contributed by atoms with E-state index in [-0.39, 0.29) is 19.5 Å². The summed E-state index contributed by atoms with van der Waals surface area (Å²) in [6, 6.07) is 1.64. The number of hydrogen-bond donors (Lipinski definition) is 1. The summed E-state index contributed by atoms with van der Waals surface area (Å²) in [4.78, 5) is 10.9. The van der Waals surface area contributed by atoms with Gasteiger partial charge in [-0.2, -0.15) is 17.4 Å². The number of hydrogen-bond acceptors (Lipinski definition) is 6. The van der Waals surface area contributed by atoms with Gasteiger partial charge in [0, 0.05) is 19.7 Å². The van der Waals surface area contributed by atoms with Crippen molar-refractivity contribution in [2.24, 2.45) is 0 Å². The third kappa shape index (κ3) is 4.97. The number of ether oxygens (including phenoxy) is 1. The maximum atomic E-state index is 11.8. The van der Waals surface area contributed by atoms with Gasteiger partial charge in [-0.3, -0.25) is 4.79 Å². The van der Waals surface area contributed by atoms with Gasteiger partial charge in [-0.15, -0.1) is 0 Å². The fourth-order valence-corrected chi connectivity index (χ4v) is 2.13. The van der Waals surface area contributed by atoms with Crippen LogP contribution in [0, 0.1) is 6.92 Å². The summed E-state index contributed by atoms with van der Waals surface area (Å²) in [6.07, 6.45) is -0.00300. The molecule has 19 heavy (non-hydrogen) atoms. The molecule has 0 aromatic carbocycles. The van der Waals surface area contributed by atoms with Gasteiger partial charge < -0.3 is 9.26 Å². The molecule has 0 saturated heterocycles. The van der Waals surface area contributed by atoms with Crippen LogP contribution in [0.4, 0.5) is 0 Å². The number of aryl methyl sites for hydroxylation is 1. The van der Waals surface area contributed by atoms with Crippen molar-refractivity contribution in [2.45, 2.75) is 19.9 Å². The number of nitrogens with zero attached hydrogens (tertiary/aromatic N) is 2. The second-order valence-electron chi connectivity index (χ2n) is 3.90. The number of nitrogens with one attached hydrogen (secondary N) is 1. The van der Waals surface area contributed by atoms with E-state index >= 15 is 0 Å². The zero-order valence-electron chi connectivity index (χ0n) is 11.0. The molecule has 1 aromatic rings. The summed E-state index contributed by atoms with van der Waals surface area (Å²) >= 11 is 0. The summed E-state index contributed by atoms with van der Waals surface area (Å²) in [6.45, 7) is 1.79. The summed E-state index contributed by atoms with van der Waals surface area (Å²) in [5, 5.41) is 3.67. The molecule has 0 spiro atoms. The average molecular weight is 291 g/mol. The number of methoxy groups -OCH3 is 1. The van der Waals surface area contributed by atoms with Crippen molar-refractivity contribution in [1.82, 2.24) is 14.2 Å². The highest BCUT2D eigenvalue weighted by Gasteiger charge is 2.18. The second kappa shape index (κ2) is 6.64. The molecule has 9 heteroatoms. The van der Waals surface area contributed by atoms with Crippen molar-refractivity contribution in [3.63, 3.8) is 0 Å². The predicted molar refractivity (Wildman–Crippen MR) is 66.3 cm³/mol. The van der Waals surface area contributed by atoms with Crippen LogP contribution in [0.3, 0.4) is 0 Å². The van der Waals surface area contributed by atoms with Crippen molar-refractivity contribution in [3.8, 4) is 0 Å². The van der Waals surface area contributed by atoms with Crippen molar-refractivity contribution in [2.75, 3.05) is 20.7 Å².